The lowest BCUT2D eigenvalue weighted by Crippen LogP contribution is -2.65. The quantitative estimate of drug-likeness (QED) is 0.317. The number of fused-ring (bicyclic) bond motifs is 1. The Morgan fingerprint density at radius 1 is 0.957 bits per heavy atom. The zero-order valence-electron chi connectivity index (χ0n) is 27.8. The second kappa shape index (κ2) is 11.5. The van der Waals surface area contributed by atoms with E-state index in [4.69, 9.17) is 14.7 Å². The Kier molecular flexibility index (Phi) is 7.44. The molecule has 2 aliphatic heterocycles. The number of hydrogen-bond donors (Lipinski definition) is 1. The lowest BCUT2D eigenvalue weighted by molar-refractivity contribution is -0.000908. The molecule has 9 heteroatoms. The molecule has 2 amide bonds. The van der Waals surface area contributed by atoms with Gasteiger partial charge in [-0.05, 0) is 124 Å². The van der Waals surface area contributed by atoms with Crippen LogP contribution in [0, 0.1) is 31.6 Å². The fourth-order valence-corrected chi connectivity index (χ4v) is 9.62. The van der Waals surface area contributed by atoms with Crippen LogP contribution in [-0.2, 0) is 17.9 Å². The van der Waals surface area contributed by atoms with Gasteiger partial charge in [0, 0.05) is 62.1 Å². The lowest BCUT2D eigenvalue weighted by atomic mass is 9.52. The number of anilines is 5. The van der Waals surface area contributed by atoms with E-state index < -0.39 is 0 Å². The Morgan fingerprint density at radius 2 is 1.63 bits per heavy atom. The molecule has 3 heterocycles. The van der Waals surface area contributed by atoms with Gasteiger partial charge in [-0.1, -0.05) is 6.07 Å². The highest BCUT2D eigenvalue weighted by atomic mass is 16.5. The van der Waals surface area contributed by atoms with Gasteiger partial charge in [0.05, 0.1) is 18.7 Å². The maximum Gasteiger partial charge on any atom is 0.331 e. The van der Waals surface area contributed by atoms with E-state index in [9.17, 15) is 4.79 Å². The standard InChI is InChI=1S/C37H47N7O2/c1-24-13-29(23-46-4)25(2)33(14-24)43-22-30-21-38-35(39-31-5-7-32(8-6-31)42-11-9-41(3)10-12-42)40-34(30)44(36(43)45)37-18-26-15-27(19-37)17-28(16-26)20-37/h5-8,13-14,21,26-28H,9-12,15-20,22-23H2,1-4H3,(H,38,39,40). The Bertz CT molecular complexity index is 1600. The minimum atomic E-state index is -0.192. The van der Waals surface area contributed by atoms with E-state index in [1.54, 1.807) is 7.11 Å². The van der Waals surface area contributed by atoms with Crippen molar-refractivity contribution in [1.29, 1.82) is 0 Å². The molecule has 9 rings (SSSR count). The van der Waals surface area contributed by atoms with E-state index in [1.165, 1.54) is 24.9 Å². The average molecular weight is 622 g/mol. The van der Waals surface area contributed by atoms with E-state index in [0.29, 0.717) is 36.9 Å². The molecule has 0 radical (unpaired) electrons. The van der Waals surface area contributed by atoms with Crippen molar-refractivity contribution in [3.63, 3.8) is 0 Å². The number of nitrogens with one attached hydrogen (secondary N) is 1. The number of likely N-dealkylation sites (N-methyl/N-ethyl adjacent to an activating group) is 1. The molecule has 46 heavy (non-hydrogen) atoms. The van der Waals surface area contributed by atoms with Crippen LogP contribution >= 0.6 is 0 Å². The topological polar surface area (TPSA) is 77.1 Å². The van der Waals surface area contributed by atoms with Gasteiger partial charge in [0.15, 0.2) is 0 Å². The van der Waals surface area contributed by atoms with Gasteiger partial charge >= 0.3 is 6.03 Å². The monoisotopic (exact) mass is 621 g/mol. The van der Waals surface area contributed by atoms with Gasteiger partial charge in [0.2, 0.25) is 5.95 Å². The summed E-state index contributed by atoms with van der Waals surface area (Å²) in [6.45, 7) is 9.42. The van der Waals surface area contributed by atoms with Crippen LogP contribution in [0.5, 0.6) is 0 Å². The largest absolute Gasteiger partial charge is 0.380 e. The van der Waals surface area contributed by atoms with Crippen LogP contribution in [0.1, 0.15) is 60.8 Å². The molecule has 2 aromatic carbocycles. The van der Waals surface area contributed by atoms with Crippen LogP contribution in [0.4, 0.5) is 33.6 Å². The summed E-state index contributed by atoms with van der Waals surface area (Å²) in [7, 11) is 3.91. The number of amides is 2. The van der Waals surface area contributed by atoms with Gasteiger partial charge in [0.25, 0.3) is 0 Å². The number of rotatable bonds is 7. The summed E-state index contributed by atoms with van der Waals surface area (Å²) in [6, 6.07) is 12.9. The third-order valence-corrected chi connectivity index (χ3v) is 11.5. The molecular weight excluding hydrogens is 574 g/mol. The Morgan fingerprint density at radius 3 is 2.28 bits per heavy atom. The van der Waals surface area contributed by atoms with Gasteiger partial charge in [0.1, 0.15) is 5.82 Å². The summed E-state index contributed by atoms with van der Waals surface area (Å²) in [5.41, 5.74) is 7.29. The number of hydrogen-bond acceptors (Lipinski definition) is 7. The van der Waals surface area contributed by atoms with E-state index in [0.717, 1.165) is 84.9 Å². The number of piperazine rings is 1. The van der Waals surface area contributed by atoms with Crippen molar-refractivity contribution in [2.45, 2.75) is 71.1 Å². The molecule has 5 fully saturated rings. The van der Waals surface area contributed by atoms with Crippen LogP contribution in [0.25, 0.3) is 0 Å². The number of urea groups is 1. The predicted molar refractivity (Wildman–Crippen MR) is 183 cm³/mol. The van der Waals surface area contributed by atoms with E-state index in [-0.39, 0.29) is 11.6 Å². The molecule has 0 unspecified atom stereocenters. The van der Waals surface area contributed by atoms with E-state index in [2.05, 4.69) is 77.3 Å². The fourth-order valence-electron chi connectivity index (χ4n) is 9.62. The number of ether oxygens (including phenoxy) is 1. The van der Waals surface area contributed by atoms with Crippen molar-refractivity contribution in [3.8, 4) is 0 Å². The summed E-state index contributed by atoms with van der Waals surface area (Å²) in [5, 5.41) is 3.47. The zero-order chi connectivity index (χ0) is 31.6. The number of methoxy groups -OCH3 is 1. The molecule has 4 saturated carbocycles. The third kappa shape index (κ3) is 5.21. The number of benzene rings is 2. The van der Waals surface area contributed by atoms with Crippen LogP contribution in [-0.4, -0.2) is 66.8 Å². The van der Waals surface area contributed by atoms with Crippen LogP contribution in [0.15, 0.2) is 42.6 Å². The van der Waals surface area contributed by atoms with Gasteiger partial charge < -0.3 is 19.9 Å². The molecule has 0 atom stereocenters. The number of carbonyl (C=O) groups excluding carboxylic acids is 1. The molecular formula is C37H47N7O2. The minimum absolute atomic E-state index is 0.0488. The summed E-state index contributed by atoms with van der Waals surface area (Å²) in [4.78, 5) is 33.8. The van der Waals surface area contributed by atoms with Crippen molar-refractivity contribution in [1.82, 2.24) is 14.9 Å². The number of nitrogens with zero attached hydrogens (tertiary/aromatic N) is 6. The molecule has 0 spiro atoms. The second-order valence-electron chi connectivity index (χ2n) is 14.9. The van der Waals surface area contributed by atoms with Gasteiger partial charge in [-0.2, -0.15) is 4.98 Å². The molecule has 4 aliphatic carbocycles. The van der Waals surface area contributed by atoms with Crippen LogP contribution in [0.2, 0.25) is 0 Å². The summed E-state index contributed by atoms with van der Waals surface area (Å²) in [5.74, 6) is 3.42. The first-order valence-corrected chi connectivity index (χ1v) is 17.2. The summed E-state index contributed by atoms with van der Waals surface area (Å²) < 4.78 is 5.53. The smallest absolute Gasteiger partial charge is 0.331 e. The first-order chi connectivity index (χ1) is 22.3. The fraction of sp³-hybridized carbons (Fsp3) is 0.541. The van der Waals surface area contributed by atoms with E-state index >= 15 is 0 Å². The SMILES string of the molecule is COCc1cc(C)cc(N2Cc3cnc(Nc4ccc(N5CCN(C)CC5)cc4)nc3N(C34CC5CC(CC(C5)C3)C4)C2=O)c1C. The molecule has 1 N–H and O–H groups in total. The molecule has 4 bridgehead atoms. The maximum atomic E-state index is 14.9. The normalized spacial score (nSPS) is 27.3. The summed E-state index contributed by atoms with van der Waals surface area (Å²) >= 11 is 0. The van der Waals surface area contributed by atoms with Crippen molar-refractivity contribution in [2.75, 3.05) is 60.4 Å². The first-order valence-electron chi connectivity index (χ1n) is 17.2. The van der Waals surface area contributed by atoms with Crippen molar-refractivity contribution in [3.05, 3.63) is 64.8 Å². The third-order valence-electron chi connectivity index (χ3n) is 11.5. The molecule has 1 aromatic heterocycles. The molecule has 9 nitrogen and oxygen atoms in total. The van der Waals surface area contributed by atoms with Crippen molar-refractivity contribution in [2.24, 2.45) is 17.8 Å². The Labute approximate surface area is 272 Å². The highest BCUT2D eigenvalue weighted by Crippen LogP contribution is 2.59. The minimum Gasteiger partial charge on any atom is -0.380 e. The average Bonchev–Trinajstić information content (AvgIpc) is 3.02. The van der Waals surface area contributed by atoms with Crippen LogP contribution < -0.4 is 20.0 Å². The van der Waals surface area contributed by atoms with Gasteiger partial charge in [-0.25, -0.2) is 9.78 Å². The second-order valence-corrected chi connectivity index (χ2v) is 14.9. The molecule has 242 valence electrons. The first kappa shape index (κ1) is 29.7. The maximum absolute atomic E-state index is 14.9. The van der Waals surface area contributed by atoms with E-state index in [1.807, 2.05) is 11.1 Å². The molecule has 1 saturated heterocycles. The van der Waals surface area contributed by atoms with Crippen molar-refractivity contribution >= 4 is 34.9 Å². The van der Waals surface area contributed by atoms with Gasteiger partial charge in [-0.15, -0.1) is 0 Å². The number of aryl methyl sites for hydroxylation is 1. The summed E-state index contributed by atoms with van der Waals surface area (Å²) in [6.07, 6.45) is 9.10. The molecule has 6 aliphatic rings. The number of aromatic nitrogens is 2. The number of carbonyl (C=O) groups is 1. The zero-order valence-corrected chi connectivity index (χ0v) is 27.8. The Hall–Kier alpha value is -3.69. The Balaban J connectivity index is 1.14. The molecule has 3 aromatic rings. The van der Waals surface area contributed by atoms with Crippen LogP contribution in [0.3, 0.4) is 0 Å². The highest BCUT2D eigenvalue weighted by Gasteiger charge is 2.57. The van der Waals surface area contributed by atoms with Gasteiger partial charge in [-0.3, -0.25) is 9.80 Å². The predicted octanol–water partition coefficient (Wildman–Crippen LogP) is 6.65. The highest BCUT2D eigenvalue weighted by molar-refractivity contribution is 6.07. The lowest BCUT2D eigenvalue weighted by Gasteiger charge is -2.61. The van der Waals surface area contributed by atoms with Crippen molar-refractivity contribution < 1.29 is 9.53 Å².